The summed E-state index contributed by atoms with van der Waals surface area (Å²) in [6, 6.07) is 124. The van der Waals surface area contributed by atoms with Crippen LogP contribution in [0.15, 0.2) is 334 Å². The second-order valence-electron chi connectivity index (χ2n) is 31.4. The van der Waals surface area contributed by atoms with Crippen LogP contribution in [0, 0.1) is 0 Å². The highest BCUT2D eigenvalue weighted by Gasteiger charge is 2.39. The Kier molecular flexibility index (Phi) is 14.2. The van der Waals surface area contributed by atoms with Crippen LogP contribution in [0.4, 0.5) is 17.1 Å². The molecule has 0 spiro atoms. The van der Waals surface area contributed by atoms with E-state index in [0.717, 1.165) is 22.7 Å². The van der Waals surface area contributed by atoms with Crippen molar-refractivity contribution in [2.75, 3.05) is 4.90 Å². The molecule has 0 radical (unpaired) electrons. The van der Waals surface area contributed by atoms with Gasteiger partial charge < -0.3 is 18.6 Å². The zero-order valence-corrected chi connectivity index (χ0v) is 61.1. The number of para-hydroxylation sites is 4. The third-order valence-electron chi connectivity index (χ3n) is 24.1. The molecule has 3 aliphatic rings. The molecular formula is C102H80N4. The van der Waals surface area contributed by atoms with Crippen molar-refractivity contribution in [1.29, 1.82) is 0 Å². The minimum absolute atomic E-state index is 0.0340. The molecule has 4 heteroatoms. The SMILES string of the molecule is CC(C)c1ccc2c(c1)c1cc3c(cc1n2-c1ccc(-c2ccc4c(c2)c2ccccc2n4-c2ccccc2)cc1)-c1ccccc1C3(C)C.CC1(C)c2ccccc2-c2ccc(-c3ccc(-n4c5ccc(N(c6ccccc6)c6ccccc6)cc5c5cc6c(cc54)-c4ccccc4C6(C)C)cc3)cc21. The van der Waals surface area contributed by atoms with E-state index in [1.54, 1.807) is 0 Å². The quantitative estimate of drug-likeness (QED) is 0.141. The van der Waals surface area contributed by atoms with Gasteiger partial charge in [-0.1, -0.05) is 250 Å². The van der Waals surface area contributed by atoms with Gasteiger partial charge in [0, 0.05) is 82.7 Å². The highest BCUT2D eigenvalue weighted by molar-refractivity contribution is 6.15. The van der Waals surface area contributed by atoms with E-state index in [2.05, 4.69) is 408 Å². The van der Waals surface area contributed by atoms with E-state index in [9.17, 15) is 0 Å². The molecule has 3 aliphatic carbocycles. The van der Waals surface area contributed by atoms with E-state index in [-0.39, 0.29) is 16.2 Å². The molecule has 0 N–H and O–H groups in total. The van der Waals surface area contributed by atoms with Crippen LogP contribution in [0.5, 0.6) is 0 Å². The predicted octanol–water partition coefficient (Wildman–Crippen LogP) is 27.5. The van der Waals surface area contributed by atoms with Crippen molar-refractivity contribution in [1.82, 2.24) is 13.7 Å². The van der Waals surface area contributed by atoms with Gasteiger partial charge in [0.15, 0.2) is 0 Å². The largest absolute Gasteiger partial charge is 0.310 e. The van der Waals surface area contributed by atoms with Gasteiger partial charge in [-0.3, -0.25) is 0 Å². The zero-order chi connectivity index (χ0) is 71.5. The van der Waals surface area contributed by atoms with Crippen molar-refractivity contribution in [3.63, 3.8) is 0 Å². The summed E-state index contributed by atoms with van der Waals surface area (Å²) in [6.07, 6.45) is 0. The molecule has 0 saturated heterocycles. The first-order valence-electron chi connectivity index (χ1n) is 37.6. The van der Waals surface area contributed by atoms with Crippen LogP contribution < -0.4 is 4.90 Å². The second kappa shape index (κ2) is 23.8. The van der Waals surface area contributed by atoms with Crippen molar-refractivity contribution in [3.05, 3.63) is 373 Å². The highest BCUT2D eigenvalue weighted by atomic mass is 15.1. The van der Waals surface area contributed by atoms with Crippen LogP contribution in [0.1, 0.15) is 100 Å². The molecule has 3 heterocycles. The number of rotatable bonds is 9. The number of hydrogen-bond acceptors (Lipinski definition) is 1. The number of fused-ring (bicyclic) bond motifs is 18. The smallest absolute Gasteiger partial charge is 0.0547 e. The molecule has 21 rings (SSSR count). The molecule has 18 aromatic rings. The normalized spacial score (nSPS) is 14.0. The van der Waals surface area contributed by atoms with E-state index < -0.39 is 0 Å². The molecular weight excluding hydrogens is 1280 g/mol. The van der Waals surface area contributed by atoms with Crippen molar-refractivity contribution in [2.45, 2.75) is 77.6 Å². The minimum atomic E-state index is -0.0975. The summed E-state index contributed by atoms with van der Waals surface area (Å²) in [5.74, 6) is 0.464. The Bertz CT molecular complexity index is 6560. The van der Waals surface area contributed by atoms with Crippen LogP contribution in [-0.2, 0) is 16.2 Å². The van der Waals surface area contributed by atoms with Crippen LogP contribution in [0.25, 0.3) is 138 Å². The van der Waals surface area contributed by atoms with Crippen molar-refractivity contribution < 1.29 is 0 Å². The maximum absolute atomic E-state index is 2.49. The standard InChI is InChI=1S/C54H42N2.C48H38N2/c1-53(2)47-21-13-11-19-41(47)43-29-25-36(31-49(43)53)35-23-26-39(27-24-35)56-51-30-28-40(55(37-15-7-5-8-16-37)38-17-9-6-10-18-38)32-45(51)46-33-50-44(34-52(46)56)42-20-12-14-22-48(42)54(50,3)4;1-30(2)32-20-24-46-40(26-32)41-28-43-38(36-14-8-10-16-42(36)48(43,3)4)29-47(41)50(46)35-22-18-31(19-23-35)33-21-25-45-39(27-33)37-15-9-11-17-44(37)49(45)34-12-6-5-7-13-34/h5-34H,1-4H3;5-30H,1-4H3. The lowest BCUT2D eigenvalue weighted by Crippen LogP contribution is -2.14. The number of hydrogen-bond donors (Lipinski definition) is 0. The molecule has 0 aliphatic heterocycles. The number of benzene rings is 15. The van der Waals surface area contributed by atoms with Gasteiger partial charge in [-0.25, -0.2) is 0 Å². The van der Waals surface area contributed by atoms with Gasteiger partial charge in [0.1, 0.15) is 0 Å². The predicted molar refractivity (Wildman–Crippen MR) is 448 cm³/mol. The van der Waals surface area contributed by atoms with Crippen molar-refractivity contribution >= 4 is 82.5 Å². The van der Waals surface area contributed by atoms with E-state index in [1.165, 1.54) is 171 Å². The Morgan fingerprint density at radius 2 is 0.585 bits per heavy atom. The monoisotopic (exact) mass is 1360 g/mol. The molecule has 4 nitrogen and oxygen atoms in total. The maximum atomic E-state index is 2.49. The van der Waals surface area contributed by atoms with Gasteiger partial charge in [0.2, 0.25) is 0 Å². The molecule has 0 atom stereocenters. The first kappa shape index (κ1) is 63.2. The molecule has 15 aromatic carbocycles. The van der Waals surface area contributed by atoms with E-state index in [4.69, 9.17) is 0 Å². The lowest BCUT2D eigenvalue weighted by molar-refractivity contribution is 0.660. The summed E-state index contributed by atoms with van der Waals surface area (Å²) < 4.78 is 7.33. The molecule has 0 bridgehead atoms. The van der Waals surface area contributed by atoms with Crippen LogP contribution in [-0.4, -0.2) is 13.7 Å². The Morgan fingerprint density at radius 3 is 1.11 bits per heavy atom. The summed E-state index contributed by atoms with van der Waals surface area (Å²) >= 11 is 0. The summed E-state index contributed by atoms with van der Waals surface area (Å²) in [6.45, 7) is 18.8. The number of aromatic nitrogens is 3. The molecule has 508 valence electrons. The third-order valence-corrected chi connectivity index (χ3v) is 24.1. The summed E-state index contributed by atoms with van der Waals surface area (Å²) in [4.78, 5) is 2.36. The van der Waals surface area contributed by atoms with Gasteiger partial charge in [-0.2, -0.15) is 0 Å². The number of anilines is 3. The minimum Gasteiger partial charge on any atom is -0.310 e. The lowest BCUT2D eigenvalue weighted by Gasteiger charge is -2.25. The first-order chi connectivity index (χ1) is 51.7. The zero-order valence-electron chi connectivity index (χ0n) is 61.1. The fraction of sp³-hybridized carbons (Fsp3) is 0.118. The van der Waals surface area contributed by atoms with E-state index >= 15 is 0 Å². The molecule has 0 fully saturated rings. The van der Waals surface area contributed by atoms with Gasteiger partial charge >= 0.3 is 0 Å². The second-order valence-corrected chi connectivity index (χ2v) is 31.4. The maximum Gasteiger partial charge on any atom is 0.0547 e. The molecule has 0 saturated carbocycles. The van der Waals surface area contributed by atoms with Crippen LogP contribution >= 0.6 is 0 Å². The highest BCUT2D eigenvalue weighted by Crippen LogP contribution is 2.55. The molecule has 106 heavy (non-hydrogen) atoms. The average molecular weight is 1360 g/mol. The van der Waals surface area contributed by atoms with Gasteiger partial charge in [0.05, 0.1) is 33.1 Å². The Hall–Kier alpha value is -12.5. The Morgan fingerprint density at radius 1 is 0.226 bits per heavy atom. The van der Waals surface area contributed by atoms with Gasteiger partial charge in [-0.15, -0.1) is 0 Å². The summed E-state index contributed by atoms with van der Waals surface area (Å²) in [5.41, 5.74) is 36.9. The van der Waals surface area contributed by atoms with E-state index in [1.807, 2.05) is 0 Å². The topological polar surface area (TPSA) is 18.0 Å². The Balaban J connectivity index is 0.000000141. The molecule has 0 amide bonds. The summed E-state index contributed by atoms with van der Waals surface area (Å²) in [7, 11) is 0. The lowest BCUT2D eigenvalue weighted by atomic mass is 9.81. The van der Waals surface area contributed by atoms with Crippen molar-refractivity contribution in [3.8, 4) is 72.7 Å². The molecule has 0 unspecified atom stereocenters. The number of nitrogens with zero attached hydrogens (tertiary/aromatic N) is 4. The van der Waals surface area contributed by atoms with Gasteiger partial charge in [0.25, 0.3) is 0 Å². The first-order valence-corrected chi connectivity index (χ1v) is 37.6. The summed E-state index contributed by atoms with van der Waals surface area (Å²) in [5, 5.41) is 7.71. The van der Waals surface area contributed by atoms with E-state index in [0.29, 0.717) is 5.92 Å². The van der Waals surface area contributed by atoms with Crippen LogP contribution in [0.3, 0.4) is 0 Å². The van der Waals surface area contributed by atoms with Crippen molar-refractivity contribution in [2.24, 2.45) is 0 Å². The average Bonchev–Trinajstić information content (AvgIpc) is 1.56. The Labute approximate surface area is 620 Å². The molecule has 3 aromatic heterocycles. The fourth-order valence-electron chi connectivity index (χ4n) is 18.6. The van der Waals surface area contributed by atoms with Crippen LogP contribution in [0.2, 0.25) is 0 Å². The fourth-order valence-corrected chi connectivity index (χ4v) is 18.6. The third kappa shape index (κ3) is 9.59. The van der Waals surface area contributed by atoms with Gasteiger partial charge in [-0.05, 0) is 240 Å².